The molecule has 18 heavy (non-hydrogen) atoms. The van der Waals surface area contributed by atoms with Crippen molar-refractivity contribution in [3.8, 4) is 10.6 Å². The molecule has 1 aromatic heterocycles. The van der Waals surface area contributed by atoms with E-state index in [1.165, 1.54) is 21.7 Å². The zero-order chi connectivity index (χ0) is 13.1. The third kappa shape index (κ3) is 2.62. The first-order valence-electron chi connectivity index (χ1n) is 6.39. The van der Waals surface area contributed by atoms with Crippen molar-refractivity contribution in [1.29, 1.82) is 0 Å². The lowest BCUT2D eigenvalue weighted by Gasteiger charge is -2.03. The number of thiazole rings is 1. The van der Waals surface area contributed by atoms with E-state index in [9.17, 15) is 0 Å². The maximum atomic E-state index is 5.69. The highest BCUT2D eigenvalue weighted by molar-refractivity contribution is 7.15. The molecule has 0 aliphatic heterocycles. The molecule has 0 saturated heterocycles. The standard InChI is InChI=1S/C15H20N2S/c1-10(2)14-13(8-9-16)18-15(17-14)12-7-5-4-6-11(12)3/h4-7,10H,8-9,16H2,1-3H3. The molecule has 0 aliphatic rings. The molecule has 2 N–H and O–H groups in total. The second kappa shape index (κ2) is 5.63. The molecule has 1 heterocycles. The fourth-order valence-electron chi connectivity index (χ4n) is 2.05. The van der Waals surface area contributed by atoms with E-state index in [-0.39, 0.29) is 0 Å². The molecule has 0 radical (unpaired) electrons. The average Bonchev–Trinajstić information content (AvgIpc) is 2.74. The molecule has 0 saturated carbocycles. The summed E-state index contributed by atoms with van der Waals surface area (Å²) in [6, 6.07) is 8.41. The van der Waals surface area contributed by atoms with E-state index >= 15 is 0 Å². The number of aryl methyl sites for hydroxylation is 1. The van der Waals surface area contributed by atoms with Crippen LogP contribution >= 0.6 is 11.3 Å². The van der Waals surface area contributed by atoms with Gasteiger partial charge in [-0.05, 0) is 31.4 Å². The van der Waals surface area contributed by atoms with Crippen molar-refractivity contribution >= 4 is 11.3 Å². The number of rotatable bonds is 4. The van der Waals surface area contributed by atoms with Crippen LogP contribution in [0.1, 0.15) is 35.9 Å². The maximum Gasteiger partial charge on any atom is 0.124 e. The molecule has 0 spiro atoms. The van der Waals surface area contributed by atoms with Crippen LogP contribution in [-0.4, -0.2) is 11.5 Å². The number of hydrogen-bond acceptors (Lipinski definition) is 3. The fourth-order valence-corrected chi connectivity index (χ4v) is 3.38. The van der Waals surface area contributed by atoms with Crippen LogP contribution in [0.25, 0.3) is 10.6 Å². The topological polar surface area (TPSA) is 38.9 Å². The monoisotopic (exact) mass is 260 g/mol. The van der Waals surface area contributed by atoms with Gasteiger partial charge in [-0.15, -0.1) is 11.3 Å². The van der Waals surface area contributed by atoms with Crippen LogP contribution in [0.15, 0.2) is 24.3 Å². The Morgan fingerprint density at radius 1 is 1.28 bits per heavy atom. The van der Waals surface area contributed by atoms with Gasteiger partial charge in [0.1, 0.15) is 5.01 Å². The zero-order valence-electron chi connectivity index (χ0n) is 11.2. The van der Waals surface area contributed by atoms with Crippen LogP contribution in [-0.2, 0) is 6.42 Å². The molecule has 2 aromatic rings. The first-order valence-corrected chi connectivity index (χ1v) is 7.20. The van der Waals surface area contributed by atoms with Gasteiger partial charge in [0.25, 0.3) is 0 Å². The van der Waals surface area contributed by atoms with Gasteiger partial charge in [-0.1, -0.05) is 38.1 Å². The molecular weight excluding hydrogens is 240 g/mol. The molecule has 0 amide bonds. The van der Waals surface area contributed by atoms with Crippen molar-refractivity contribution in [2.45, 2.75) is 33.1 Å². The smallest absolute Gasteiger partial charge is 0.124 e. The number of benzene rings is 1. The van der Waals surface area contributed by atoms with Crippen molar-refractivity contribution in [3.05, 3.63) is 40.4 Å². The summed E-state index contributed by atoms with van der Waals surface area (Å²) in [7, 11) is 0. The second-order valence-electron chi connectivity index (χ2n) is 4.84. The minimum atomic E-state index is 0.459. The highest BCUT2D eigenvalue weighted by atomic mass is 32.1. The summed E-state index contributed by atoms with van der Waals surface area (Å²) in [6.07, 6.45) is 0.928. The van der Waals surface area contributed by atoms with Crippen LogP contribution in [0, 0.1) is 6.92 Å². The molecule has 0 aliphatic carbocycles. The number of nitrogens with two attached hydrogens (primary N) is 1. The Hall–Kier alpha value is -1.19. The quantitative estimate of drug-likeness (QED) is 0.909. The van der Waals surface area contributed by atoms with E-state index in [1.54, 1.807) is 11.3 Å². The Bertz CT molecular complexity index is 529. The second-order valence-corrected chi connectivity index (χ2v) is 5.92. The lowest BCUT2D eigenvalue weighted by Crippen LogP contribution is -2.04. The number of aromatic nitrogens is 1. The lowest BCUT2D eigenvalue weighted by molar-refractivity contribution is 0.809. The van der Waals surface area contributed by atoms with Gasteiger partial charge in [0.05, 0.1) is 5.69 Å². The Balaban J connectivity index is 2.47. The maximum absolute atomic E-state index is 5.69. The van der Waals surface area contributed by atoms with Crippen molar-refractivity contribution in [3.63, 3.8) is 0 Å². The van der Waals surface area contributed by atoms with E-state index in [4.69, 9.17) is 10.7 Å². The Kier molecular flexibility index (Phi) is 4.15. The highest BCUT2D eigenvalue weighted by Gasteiger charge is 2.15. The van der Waals surface area contributed by atoms with Gasteiger partial charge in [0.15, 0.2) is 0 Å². The van der Waals surface area contributed by atoms with Gasteiger partial charge in [-0.3, -0.25) is 0 Å². The molecule has 0 atom stereocenters. The van der Waals surface area contributed by atoms with Crippen molar-refractivity contribution in [1.82, 2.24) is 4.98 Å². The molecule has 0 fully saturated rings. The minimum Gasteiger partial charge on any atom is -0.330 e. The van der Waals surface area contributed by atoms with E-state index in [0.717, 1.165) is 11.4 Å². The van der Waals surface area contributed by atoms with Crippen LogP contribution < -0.4 is 5.73 Å². The molecule has 2 nitrogen and oxygen atoms in total. The predicted octanol–water partition coefficient (Wildman–Crippen LogP) is 3.74. The van der Waals surface area contributed by atoms with E-state index in [1.807, 2.05) is 0 Å². The van der Waals surface area contributed by atoms with Crippen molar-refractivity contribution in [2.24, 2.45) is 5.73 Å². The van der Waals surface area contributed by atoms with Crippen molar-refractivity contribution in [2.75, 3.05) is 6.54 Å². The van der Waals surface area contributed by atoms with Gasteiger partial charge in [-0.25, -0.2) is 4.98 Å². The SMILES string of the molecule is Cc1ccccc1-c1nc(C(C)C)c(CCN)s1. The summed E-state index contributed by atoms with van der Waals surface area (Å²) in [6.45, 7) is 7.21. The highest BCUT2D eigenvalue weighted by Crippen LogP contribution is 2.33. The summed E-state index contributed by atoms with van der Waals surface area (Å²) in [5.74, 6) is 0.459. The molecule has 1 aromatic carbocycles. The predicted molar refractivity (Wildman–Crippen MR) is 79.1 cm³/mol. The van der Waals surface area contributed by atoms with Crippen LogP contribution in [0.2, 0.25) is 0 Å². The third-order valence-electron chi connectivity index (χ3n) is 3.02. The Morgan fingerprint density at radius 2 is 2.00 bits per heavy atom. The fraction of sp³-hybridized carbons (Fsp3) is 0.400. The molecule has 2 rings (SSSR count). The van der Waals surface area contributed by atoms with Gasteiger partial charge < -0.3 is 5.73 Å². The van der Waals surface area contributed by atoms with Crippen molar-refractivity contribution < 1.29 is 0 Å². The molecular formula is C15H20N2S. The summed E-state index contributed by atoms with van der Waals surface area (Å²) in [4.78, 5) is 6.16. The molecule has 3 heteroatoms. The van der Waals surface area contributed by atoms with Gasteiger partial charge in [-0.2, -0.15) is 0 Å². The number of nitrogens with zero attached hydrogens (tertiary/aromatic N) is 1. The summed E-state index contributed by atoms with van der Waals surface area (Å²) in [5.41, 5.74) is 9.42. The van der Waals surface area contributed by atoms with Crippen LogP contribution in [0.5, 0.6) is 0 Å². The van der Waals surface area contributed by atoms with E-state index in [2.05, 4.69) is 45.0 Å². The van der Waals surface area contributed by atoms with Crippen LogP contribution in [0.4, 0.5) is 0 Å². The Labute approximate surface area is 113 Å². The number of hydrogen-bond donors (Lipinski definition) is 1. The normalized spacial score (nSPS) is 11.2. The zero-order valence-corrected chi connectivity index (χ0v) is 12.1. The molecule has 96 valence electrons. The first-order chi connectivity index (χ1) is 8.63. The lowest BCUT2D eigenvalue weighted by atomic mass is 10.1. The summed E-state index contributed by atoms with van der Waals surface area (Å²) >= 11 is 1.79. The summed E-state index contributed by atoms with van der Waals surface area (Å²) < 4.78 is 0. The van der Waals surface area contributed by atoms with Gasteiger partial charge in [0, 0.05) is 10.4 Å². The first kappa shape index (κ1) is 13.2. The van der Waals surface area contributed by atoms with Gasteiger partial charge >= 0.3 is 0 Å². The minimum absolute atomic E-state index is 0.459. The summed E-state index contributed by atoms with van der Waals surface area (Å²) in [5, 5.41) is 1.13. The van der Waals surface area contributed by atoms with E-state index < -0.39 is 0 Å². The molecule has 0 unspecified atom stereocenters. The molecule has 0 bridgehead atoms. The van der Waals surface area contributed by atoms with E-state index in [0.29, 0.717) is 12.5 Å². The third-order valence-corrected chi connectivity index (χ3v) is 4.19. The van der Waals surface area contributed by atoms with Gasteiger partial charge in [0.2, 0.25) is 0 Å². The Morgan fingerprint density at radius 3 is 2.61 bits per heavy atom. The largest absolute Gasteiger partial charge is 0.330 e. The average molecular weight is 260 g/mol. The van der Waals surface area contributed by atoms with Crippen LogP contribution in [0.3, 0.4) is 0 Å².